The Labute approximate surface area is 198 Å². The molecule has 0 saturated carbocycles. The van der Waals surface area contributed by atoms with Crippen molar-refractivity contribution in [3.8, 4) is 11.5 Å². The van der Waals surface area contributed by atoms with Crippen molar-refractivity contribution in [2.24, 2.45) is 0 Å². The molecule has 2 unspecified atom stereocenters. The van der Waals surface area contributed by atoms with Gasteiger partial charge in [-0.05, 0) is 54.4 Å². The molecular formula is C27H25ClN2O3. The fraction of sp³-hybridized carbons (Fsp3) is 0.222. The molecule has 3 aromatic carbocycles. The Bertz CT molecular complexity index is 1240. The number of carbonyl (C=O) groups is 1. The summed E-state index contributed by atoms with van der Waals surface area (Å²) in [7, 11) is 3.30. The van der Waals surface area contributed by atoms with Crippen LogP contribution in [-0.2, 0) is 4.79 Å². The Hall–Kier alpha value is -3.44. The number of hydrogen-bond donors (Lipinski definition) is 2. The van der Waals surface area contributed by atoms with Crippen LogP contribution < -0.4 is 20.1 Å². The summed E-state index contributed by atoms with van der Waals surface area (Å²) in [6.45, 7) is 0. The van der Waals surface area contributed by atoms with Crippen LogP contribution in [0.25, 0.3) is 0 Å². The summed E-state index contributed by atoms with van der Waals surface area (Å²) in [4.78, 5) is 13.7. The third-order valence-corrected chi connectivity index (χ3v) is 6.64. The third kappa shape index (κ3) is 4.05. The molecular weight excluding hydrogens is 436 g/mol. The number of carbonyl (C=O) groups excluding carboxylic acids is 1. The number of anilines is 2. The van der Waals surface area contributed by atoms with E-state index < -0.39 is 0 Å². The molecule has 1 aliphatic heterocycles. The van der Waals surface area contributed by atoms with E-state index in [-0.39, 0.29) is 17.7 Å². The highest BCUT2D eigenvalue weighted by atomic mass is 35.5. The van der Waals surface area contributed by atoms with Gasteiger partial charge >= 0.3 is 0 Å². The van der Waals surface area contributed by atoms with Crippen LogP contribution in [0.1, 0.15) is 35.9 Å². The fourth-order valence-corrected chi connectivity index (χ4v) is 4.90. The minimum atomic E-state index is -0.269. The largest absolute Gasteiger partial charge is 0.497 e. The van der Waals surface area contributed by atoms with Crippen molar-refractivity contribution in [2.75, 3.05) is 24.9 Å². The lowest BCUT2D eigenvalue weighted by atomic mass is 9.78. The van der Waals surface area contributed by atoms with Gasteiger partial charge in [0.25, 0.3) is 0 Å². The highest BCUT2D eigenvalue weighted by Gasteiger charge is 2.36. The highest BCUT2D eigenvalue weighted by Crippen LogP contribution is 2.46. The van der Waals surface area contributed by atoms with E-state index in [0.29, 0.717) is 17.9 Å². The van der Waals surface area contributed by atoms with E-state index in [1.54, 1.807) is 14.2 Å². The number of rotatable bonds is 4. The number of halogens is 1. The summed E-state index contributed by atoms with van der Waals surface area (Å²) in [6.07, 6.45) is 1.08. The Morgan fingerprint density at radius 2 is 1.67 bits per heavy atom. The van der Waals surface area contributed by atoms with E-state index >= 15 is 0 Å². The fourth-order valence-electron chi connectivity index (χ4n) is 4.78. The van der Waals surface area contributed by atoms with Crippen molar-refractivity contribution >= 4 is 28.8 Å². The van der Waals surface area contributed by atoms with Crippen molar-refractivity contribution in [1.82, 2.24) is 0 Å². The lowest BCUT2D eigenvalue weighted by Crippen LogP contribution is -2.27. The molecule has 1 heterocycles. The summed E-state index contributed by atoms with van der Waals surface area (Å²) in [5.74, 6) is 1.60. The number of ether oxygens (including phenoxy) is 2. The second kappa shape index (κ2) is 8.83. The maximum atomic E-state index is 13.7. The number of hydrogen-bond acceptors (Lipinski definition) is 5. The molecule has 2 N–H and O–H groups in total. The van der Waals surface area contributed by atoms with Crippen molar-refractivity contribution < 1.29 is 14.3 Å². The van der Waals surface area contributed by atoms with Gasteiger partial charge in [-0.2, -0.15) is 0 Å². The van der Waals surface area contributed by atoms with Gasteiger partial charge < -0.3 is 20.1 Å². The van der Waals surface area contributed by atoms with Gasteiger partial charge in [0.15, 0.2) is 5.78 Å². The number of fused-ring (bicyclic) bond motifs is 1. The molecule has 33 heavy (non-hydrogen) atoms. The van der Waals surface area contributed by atoms with Gasteiger partial charge in [0.2, 0.25) is 0 Å². The third-order valence-electron chi connectivity index (χ3n) is 6.39. The molecule has 3 aromatic rings. The predicted octanol–water partition coefficient (Wildman–Crippen LogP) is 6.34. The summed E-state index contributed by atoms with van der Waals surface area (Å²) >= 11 is 6.14. The summed E-state index contributed by atoms with van der Waals surface area (Å²) < 4.78 is 11.1. The number of Topliss-reactive ketones (excluding diaryl/α,β-unsaturated/α-hetero) is 1. The number of allylic oxidation sites excluding steroid dienone is 1. The average Bonchev–Trinajstić information content (AvgIpc) is 3.01. The van der Waals surface area contributed by atoms with Gasteiger partial charge in [-0.1, -0.05) is 35.9 Å². The quantitative estimate of drug-likeness (QED) is 0.476. The standard InChI is InChI=1S/C27H25ClN2O3/c1-32-19-11-12-25(33-2)20(15-19)17-13-23-26(24(31)14-17)27(16-7-9-18(28)10-8-16)30-22-6-4-3-5-21(22)29-23/h3-12,15,17,27,29-30H,13-14H2,1-2H3. The van der Waals surface area contributed by atoms with E-state index in [0.717, 1.165) is 45.3 Å². The number of benzene rings is 3. The monoisotopic (exact) mass is 460 g/mol. The van der Waals surface area contributed by atoms with Gasteiger partial charge in [-0.15, -0.1) is 0 Å². The Morgan fingerprint density at radius 3 is 2.39 bits per heavy atom. The zero-order valence-corrected chi connectivity index (χ0v) is 19.3. The lowest BCUT2D eigenvalue weighted by Gasteiger charge is -2.30. The maximum absolute atomic E-state index is 13.7. The Balaban J connectivity index is 1.61. The van der Waals surface area contributed by atoms with E-state index in [4.69, 9.17) is 21.1 Å². The molecule has 0 saturated heterocycles. The summed E-state index contributed by atoms with van der Waals surface area (Å²) in [5.41, 5.74) is 5.58. The molecule has 0 amide bonds. The van der Waals surface area contributed by atoms with Gasteiger partial charge in [0.1, 0.15) is 11.5 Å². The van der Waals surface area contributed by atoms with Gasteiger partial charge in [0, 0.05) is 34.2 Å². The summed E-state index contributed by atoms with van der Waals surface area (Å²) in [5, 5.41) is 7.83. The Morgan fingerprint density at radius 1 is 0.909 bits per heavy atom. The average molecular weight is 461 g/mol. The molecule has 2 atom stereocenters. The number of para-hydroxylation sites is 2. The van der Waals surface area contributed by atoms with E-state index in [1.165, 1.54) is 0 Å². The second-order valence-electron chi connectivity index (χ2n) is 8.33. The molecule has 0 aromatic heterocycles. The van der Waals surface area contributed by atoms with Crippen molar-refractivity contribution in [3.63, 3.8) is 0 Å². The highest BCUT2D eigenvalue weighted by molar-refractivity contribution is 6.30. The van der Waals surface area contributed by atoms with Gasteiger partial charge in [-0.3, -0.25) is 4.79 Å². The lowest BCUT2D eigenvalue weighted by molar-refractivity contribution is -0.116. The molecule has 0 radical (unpaired) electrons. The Kier molecular flexibility index (Phi) is 5.73. The summed E-state index contributed by atoms with van der Waals surface area (Å²) in [6, 6.07) is 21.2. The number of nitrogens with one attached hydrogen (secondary N) is 2. The van der Waals surface area contributed by atoms with Crippen molar-refractivity contribution in [3.05, 3.63) is 94.1 Å². The molecule has 0 spiro atoms. The van der Waals surface area contributed by atoms with Gasteiger partial charge in [0.05, 0.1) is 31.6 Å². The molecule has 5 nitrogen and oxygen atoms in total. The molecule has 5 rings (SSSR count). The molecule has 0 bridgehead atoms. The first-order valence-corrected chi connectivity index (χ1v) is 11.3. The van der Waals surface area contributed by atoms with Crippen LogP contribution in [0.4, 0.5) is 11.4 Å². The number of ketones is 1. The van der Waals surface area contributed by atoms with Crippen LogP contribution in [0.5, 0.6) is 11.5 Å². The van der Waals surface area contributed by atoms with E-state index in [9.17, 15) is 4.79 Å². The first-order valence-electron chi connectivity index (χ1n) is 10.9. The molecule has 2 aliphatic rings. The van der Waals surface area contributed by atoms with Gasteiger partial charge in [-0.25, -0.2) is 0 Å². The SMILES string of the molecule is COc1ccc(OC)c(C2CC(=O)C3=C(C2)Nc2ccccc2NC3c2ccc(Cl)cc2)c1. The predicted molar refractivity (Wildman–Crippen MR) is 131 cm³/mol. The van der Waals surface area contributed by atoms with Crippen LogP contribution in [0.2, 0.25) is 5.02 Å². The second-order valence-corrected chi connectivity index (χ2v) is 8.76. The zero-order valence-electron chi connectivity index (χ0n) is 18.5. The number of methoxy groups -OCH3 is 2. The minimum absolute atomic E-state index is 0.0232. The molecule has 168 valence electrons. The van der Waals surface area contributed by atoms with Crippen LogP contribution in [0.15, 0.2) is 78.0 Å². The van der Waals surface area contributed by atoms with Crippen molar-refractivity contribution in [1.29, 1.82) is 0 Å². The first kappa shape index (κ1) is 21.4. The molecule has 0 fully saturated rings. The zero-order chi connectivity index (χ0) is 22.9. The minimum Gasteiger partial charge on any atom is -0.497 e. The maximum Gasteiger partial charge on any atom is 0.163 e. The van der Waals surface area contributed by atoms with Crippen LogP contribution >= 0.6 is 11.6 Å². The topological polar surface area (TPSA) is 59.6 Å². The molecule has 1 aliphatic carbocycles. The normalized spacial score (nSPS) is 19.5. The van der Waals surface area contributed by atoms with E-state index in [2.05, 4.69) is 10.6 Å². The van der Waals surface area contributed by atoms with Crippen molar-refractivity contribution in [2.45, 2.75) is 24.8 Å². The smallest absolute Gasteiger partial charge is 0.163 e. The van der Waals surface area contributed by atoms with E-state index in [1.807, 2.05) is 66.7 Å². The van der Waals surface area contributed by atoms with Crippen LogP contribution in [0, 0.1) is 0 Å². The van der Waals surface area contributed by atoms with Crippen LogP contribution in [0.3, 0.4) is 0 Å². The first-order chi connectivity index (χ1) is 16.1. The van der Waals surface area contributed by atoms with Crippen LogP contribution in [-0.4, -0.2) is 20.0 Å². The molecule has 6 heteroatoms.